The molecule has 0 saturated carbocycles. The van der Waals surface area contributed by atoms with Crippen molar-refractivity contribution in [2.75, 3.05) is 7.11 Å². The van der Waals surface area contributed by atoms with Crippen LogP contribution in [0.5, 0.6) is 0 Å². The lowest BCUT2D eigenvalue weighted by Crippen LogP contribution is -2.31. The van der Waals surface area contributed by atoms with E-state index >= 15 is 0 Å². The van der Waals surface area contributed by atoms with Crippen molar-refractivity contribution in [3.63, 3.8) is 0 Å². The summed E-state index contributed by atoms with van der Waals surface area (Å²) >= 11 is 0. The molecule has 0 spiro atoms. The van der Waals surface area contributed by atoms with Gasteiger partial charge in [-0.05, 0) is 51.7 Å². The number of esters is 1. The second kappa shape index (κ2) is 16.3. The van der Waals surface area contributed by atoms with E-state index in [4.69, 9.17) is 4.43 Å². The van der Waals surface area contributed by atoms with Crippen LogP contribution in [0, 0.1) is 0 Å². The summed E-state index contributed by atoms with van der Waals surface area (Å²) in [6.45, 7) is 9.05. The van der Waals surface area contributed by atoms with Crippen molar-refractivity contribution in [3.05, 3.63) is 24.3 Å². The molecule has 0 aliphatic rings. The molecular formula is C22H42O3Si. The lowest BCUT2D eigenvalue weighted by Gasteiger charge is -2.25. The van der Waals surface area contributed by atoms with Crippen LogP contribution in [-0.2, 0) is 14.0 Å². The third kappa shape index (κ3) is 17.9. The molecule has 1 unspecified atom stereocenters. The number of rotatable bonds is 16. The predicted octanol–water partition coefficient (Wildman–Crippen LogP) is 6.80. The zero-order valence-electron chi connectivity index (χ0n) is 17.9. The second-order valence-electron chi connectivity index (χ2n) is 7.97. The number of ether oxygens (including phenoxy) is 1. The van der Waals surface area contributed by atoms with Crippen molar-refractivity contribution in [1.82, 2.24) is 0 Å². The van der Waals surface area contributed by atoms with Crippen molar-refractivity contribution >= 4 is 14.3 Å². The maximum atomic E-state index is 11.0. The highest BCUT2D eigenvalue weighted by Gasteiger charge is 2.19. The maximum Gasteiger partial charge on any atom is 0.305 e. The Hall–Kier alpha value is -0.873. The van der Waals surface area contributed by atoms with Crippen LogP contribution in [0.2, 0.25) is 19.6 Å². The Balaban J connectivity index is 3.76. The van der Waals surface area contributed by atoms with Crippen LogP contribution in [0.4, 0.5) is 0 Å². The Morgan fingerprint density at radius 3 is 2.27 bits per heavy atom. The zero-order valence-corrected chi connectivity index (χ0v) is 18.9. The van der Waals surface area contributed by atoms with Crippen LogP contribution in [0.3, 0.4) is 0 Å². The van der Waals surface area contributed by atoms with Crippen molar-refractivity contribution < 1.29 is 14.0 Å². The fourth-order valence-corrected chi connectivity index (χ4v) is 4.02. The molecule has 0 aromatic carbocycles. The van der Waals surface area contributed by atoms with Crippen LogP contribution in [0.1, 0.15) is 77.6 Å². The van der Waals surface area contributed by atoms with E-state index in [2.05, 4.69) is 55.6 Å². The molecule has 0 saturated heterocycles. The second-order valence-corrected chi connectivity index (χ2v) is 12.4. The van der Waals surface area contributed by atoms with Gasteiger partial charge in [-0.25, -0.2) is 0 Å². The van der Waals surface area contributed by atoms with Gasteiger partial charge in [0.25, 0.3) is 0 Å². The van der Waals surface area contributed by atoms with Crippen molar-refractivity contribution in [1.29, 1.82) is 0 Å². The minimum atomic E-state index is -1.46. The van der Waals surface area contributed by atoms with Crippen LogP contribution >= 0.6 is 0 Å². The van der Waals surface area contributed by atoms with Gasteiger partial charge in [0.15, 0.2) is 8.32 Å². The van der Waals surface area contributed by atoms with Gasteiger partial charge in [0.05, 0.1) is 7.11 Å². The average molecular weight is 383 g/mol. The molecule has 0 aliphatic heterocycles. The van der Waals surface area contributed by atoms with E-state index in [1.165, 1.54) is 45.6 Å². The molecule has 0 fully saturated rings. The number of unbranched alkanes of at least 4 members (excludes halogenated alkanes) is 6. The summed E-state index contributed by atoms with van der Waals surface area (Å²) in [5.41, 5.74) is 0. The monoisotopic (exact) mass is 382 g/mol. The molecular weight excluding hydrogens is 340 g/mol. The Labute approximate surface area is 163 Å². The van der Waals surface area contributed by atoms with E-state index in [9.17, 15) is 4.79 Å². The number of hydrogen-bond acceptors (Lipinski definition) is 3. The number of hydrogen-bond donors (Lipinski definition) is 0. The molecule has 0 radical (unpaired) electrons. The van der Waals surface area contributed by atoms with Crippen LogP contribution in [0.25, 0.3) is 0 Å². The largest absolute Gasteiger partial charge is 0.469 e. The Morgan fingerprint density at radius 1 is 0.962 bits per heavy atom. The third-order valence-electron chi connectivity index (χ3n) is 4.16. The Morgan fingerprint density at radius 2 is 1.62 bits per heavy atom. The molecule has 152 valence electrons. The molecule has 0 aliphatic carbocycles. The fraction of sp³-hybridized carbons (Fsp3) is 0.773. The maximum absolute atomic E-state index is 11.0. The van der Waals surface area contributed by atoms with Crippen molar-refractivity contribution in [3.8, 4) is 0 Å². The van der Waals surface area contributed by atoms with Gasteiger partial charge >= 0.3 is 5.97 Å². The summed E-state index contributed by atoms with van der Waals surface area (Å²) in [6.07, 6.45) is 21.3. The number of carbonyl (C=O) groups excluding carboxylic acids is 1. The van der Waals surface area contributed by atoms with E-state index in [-0.39, 0.29) is 5.97 Å². The standard InChI is InChI=1S/C22H42O3Si/c1-6-7-18-21(25-26(3,4)5)19-16-14-12-10-8-9-11-13-15-17-20-22(23)24-2/h10,12,14,16,21H,6-9,11,13,15,17-20H2,1-5H3/b12-10+,16-14+. The van der Waals surface area contributed by atoms with E-state index in [1.54, 1.807) is 0 Å². The smallest absolute Gasteiger partial charge is 0.305 e. The highest BCUT2D eigenvalue weighted by Crippen LogP contribution is 2.16. The number of carbonyl (C=O) groups is 1. The SMILES string of the molecule is CCCCC(C/C=C/C=C/CCCCCCCC(=O)OC)O[Si](C)(C)C. The highest BCUT2D eigenvalue weighted by molar-refractivity contribution is 6.69. The van der Waals surface area contributed by atoms with Crippen LogP contribution < -0.4 is 0 Å². The molecule has 0 aromatic rings. The molecule has 1 atom stereocenters. The van der Waals surface area contributed by atoms with Gasteiger partial charge in [0, 0.05) is 12.5 Å². The van der Waals surface area contributed by atoms with Crippen molar-refractivity contribution in [2.24, 2.45) is 0 Å². The third-order valence-corrected chi connectivity index (χ3v) is 5.20. The topological polar surface area (TPSA) is 35.5 Å². The van der Waals surface area contributed by atoms with Crippen LogP contribution in [-0.4, -0.2) is 27.5 Å². The number of allylic oxidation sites excluding steroid dienone is 3. The highest BCUT2D eigenvalue weighted by atomic mass is 28.4. The molecule has 0 rings (SSSR count). The molecule has 0 amide bonds. The fourth-order valence-electron chi connectivity index (χ4n) is 2.80. The van der Waals surface area contributed by atoms with E-state index in [0.717, 1.165) is 25.7 Å². The Bertz CT molecular complexity index is 397. The quantitative estimate of drug-likeness (QED) is 0.127. The first-order chi connectivity index (χ1) is 12.4. The molecule has 3 nitrogen and oxygen atoms in total. The molecule has 0 heterocycles. The van der Waals surface area contributed by atoms with E-state index in [0.29, 0.717) is 12.5 Å². The van der Waals surface area contributed by atoms with Gasteiger partial charge in [-0.1, -0.05) is 63.3 Å². The normalized spacial score (nSPS) is 13.6. The van der Waals surface area contributed by atoms with Gasteiger partial charge in [-0.3, -0.25) is 4.79 Å². The summed E-state index contributed by atoms with van der Waals surface area (Å²) < 4.78 is 10.9. The minimum absolute atomic E-state index is 0.0908. The van der Waals surface area contributed by atoms with Gasteiger partial charge in [-0.15, -0.1) is 0 Å². The predicted molar refractivity (Wildman–Crippen MR) is 115 cm³/mol. The van der Waals surface area contributed by atoms with Gasteiger partial charge in [-0.2, -0.15) is 0 Å². The van der Waals surface area contributed by atoms with Gasteiger partial charge in [0.1, 0.15) is 0 Å². The van der Waals surface area contributed by atoms with E-state index in [1.807, 2.05) is 0 Å². The first-order valence-electron chi connectivity index (χ1n) is 10.4. The van der Waals surface area contributed by atoms with Gasteiger partial charge < -0.3 is 9.16 Å². The molecule has 0 aromatic heterocycles. The summed E-state index contributed by atoms with van der Waals surface area (Å²) in [7, 11) is -0.00444. The minimum Gasteiger partial charge on any atom is -0.469 e. The van der Waals surface area contributed by atoms with Gasteiger partial charge in [0.2, 0.25) is 0 Å². The summed E-state index contributed by atoms with van der Waals surface area (Å²) in [5, 5.41) is 0. The Kier molecular flexibility index (Phi) is 15.8. The summed E-state index contributed by atoms with van der Waals surface area (Å²) in [6, 6.07) is 0. The molecule has 0 bridgehead atoms. The lowest BCUT2D eigenvalue weighted by molar-refractivity contribution is -0.140. The molecule has 26 heavy (non-hydrogen) atoms. The molecule has 0 N–H and O–H groups in total. The van der Waals surface area contributed by atoms with Crippen LogP contribution in [0.15, 0.2) is 24.3 Å². The first kappa shape index (κ1) is 25.1. The van der Waals surface area contributed by atoms with Crippen molar-refractivity contribution in [2.45, 2.75) is 103 Å². The van der Waals surface area contributed by atoms with E-state index < -0.39 is 8.32 Å². The first-order valence-corrected chi connectivity index (χ1v) is 13.9. The summed E-state index contributed by atoms with van der Waals surface area (Å²) in [4.78, 5) is 11.0. The zero-order chi connectivity index (χ0) is 19.7. The lowest BCUT2D eigenvalue weighted by atomic mass is 10.1. The number of methoxy groups -OCH3 is 1. The summed E-state index contributed by atoms with van der Waals surface area (Å²) in [5.74, 6) is -0.0908. The molecule has 4 heteroatoms. The average Bonchev–Trinajstić information content (AvgIpc) is 2.58.